The Labute approximate surface area is 170 Å². The van der Waals surface area contributed by atoms with E-state index in [9.17, 15) is 4.79 Å². The monoisotopic (exact) mass is 394 g/mol. The minimum absolute atomic E-state index is 0.0980. The summed E-state index contributed by atoms with van der Waals surface area (Å²) in [5.74, 6) is 3.02. The van der Waals surface area contributed by atoms with Gasteiger partial charge in [-0.1, -0.05) is 19.9 Å². The van der Waals surface area contributed by atoms with Gasteiger partial charge in [0.1, 0.15) is 17.3 Å². The summed E-state index contributed by atoms with van der Waals surface area (Å²) in [5, 5.41) is 2.92. The van der Waals surface area contributed by atoms with Crippen molar-refractivity contribution in [1.82, 2.24) is 15.3 Å². The normalized spacial score (nSPS) is 19.7. The van der Waals surface area contributed by atoms with E-state index in [0.717, 1.165) is 60.8 Å². The highest BCUT2D eigenvalue weighted by atomic mass is 16.7. The van der Waals surface area contributed by atoms with E-state index >= 15 is 0 Å². The van der Waals surface area contributed by atoms with Crippen molar-refractivity contribution in [2.24, 2.45) is 5.41 Å². The van der Waals surface area contributed by atoms with Gasteiger partial charge in [-0.05, 0) is 42.4 Å². The van der Waals surface area contributed by atoms with Gasteiger partial charge in [0, 0.05) is 31.6 Å². The second-order valence-corrected chi connectivity index (χ2v) is 8.81. The number of benzene rings is 1. The molecule has 2 aromatic rings. The van der Waals surface area contributed by atoms with Gasteiger partial charge < -0.3 is 19.7 Å². The molecule has 4 heterocycles. The van der Waals surface area contributed by atoms with Crippen molar-refractivity contribution in [2.45, 2.75) is 39.5 Å². The second kappa shape index (κ2) is 6.90. The number of ether oxygens (including phenoxy) is 2. The smallest absolute Gasteiger partial charge is 0.270 e. The van der Waals surface area contributed by atoms with E-state index in [4.69, 9.17) is 14.5 Å². The Morgan fingerprint density at radius 2 is 1.93 bits per heavy atom. The molecule has 152 valence electrons. The predicted molar refractivity (Wildman–Crippen MR) is 109 cm³/mol. The molecule has 1 fully saturated rings. The quantitative estimate of drug-likeness (QED) is 0.863. The van der Waals surface area contributed by atoms with Crippen LogP contribution in [0.25, 0.3) is 0 Å². The number of hydrogen-bond donors (Lipinski definition) is 1. The van der Waals surface area contributed by atoms with Crippen molar-refractivity contribution in [2.75, 3.05) is 31.3 Å². The Bertz CT molecular complexity index is 963. The van der Waals surface area contributed by atoms with Crippen LogP contribution in [-0.4, -0.2) is 42.3 Å². The van der Waals surface area contributed by atoms with E-state index in [1.54, 1.807) is 0 Å². The fourth-order valence-corrected chi connectivity index (χ4v) is 4.22. The third kappa shape index (κ3) is 3.50. The van der Waals surface area contributed by atoms with Crippen molar-refractivity contribution >= 4 is 11.7 Å². The van der Waals surface area contributed by atoms with Crippen molar-refractivity contribution in [3.63, 3.8) is 0 Å². The lowest BCUT2D eigenvalue weighted by Gasteiger charge is -2.38. The average molecular weight is 394 g/mol. The maximum absolute atomic E-state index is 12.5. The van der Waals surface area contributed by atoms with Crippen molar-refractivity contribution < 1.29 is 14.3 Å². The molecule has 0 saturated carbocycles. The van der Waals surface area contributed by atoms with Crippen LogP contribution in [0.1, 0.15) is 54.1 Å². The summed E-state index contributed by atoms with van der Waals surface area (Å²) in [6.45, 7) is 7.45. The molecule has 3 aliphatic heterocycles. The van der Waals surface area contributed by atoms with Gasteiger partial charge in [-0.2, -0.15) is 0 Å². The SMILES string of the molecule is CC1(C)CCN(c2nc(Cc3ccc4c(c3)OCO4)nc3c2CCNC3=O)CC1. The third-order valence-corrected chi connectivity index (χ3v) is 6.12. The Balaban J connectivity index is 1.49. The van der Waals surface area contributed by atoms with E-state index in [2.05, 4.69) is 29.0 Å². The molecular formula is C22H26N4O3. The van der Waals surface area contributed by atoms with Gasteiger partial charge in [0.25, 0.3) is 5.91 Å². The first-order valence-electron chi connectivity index (χ1n) is 10.3. The lowest BCUT2D eigenvalue weighted by molar-refractivity contribution is 0.0940. The van der Waals surface area contributed by atoms with Crippen LogP contribution in [0.15, 0.2) is 18.2 Å². The molecule has 3 aliphatic rings. The molecule has 0 atom stereocenters. The molecule has 1 aromatic heterocycles. The maximum atomic E-state index is 12.5. The van der Waals surface area contributed by atoms with E-state index in [-0.39, 0.29) is 12.7 Å². The van der Waals surface area contributed by atoms with E-state index < -0.39 is 0 Å². The summed E-state index contributed by atoms with van der Waals surface area (Å²) in [5.41, 5.74) is 2.91. The standard InChI is InChI=1S/C22H26N4O3/c1-22(2)6-9-26(10-7-22)20-15-5-8-23-21(27)19(15)24-18(25-20)12-14-3-4-16-17(11-14)29-13-28-16/h3-4,11H,5-10,12-13H2,1-2H3,(H,23,27). The van der Waals surface area contributed by atoms with E-state index in [0.29, 0.717) is 29.9 Å². The molecule has 0 aliphatic carbocycles. The lowest BCUT2D eigenvalue weighted by atomic mass is 9.82. The maximum Gasteiger partial charge on any atom is 0.270 e. The largest absolute Gasteiger partial charge is 0.454 e. The topological polar surface area (TPSA) is 76.6 Å². The number of nitrogens with zero attached hydrogens (tertiary/aromatic N) is 3. The number of rotatable bonds is 3. The summed E-state index contributed by atoms with van der Waals surface area (Å²) in [4.78, 5) is 24.5. The molecule has 29 heavy (non-hydrogen) atoms. The van der Waals surface area contributed by atoms with Gasteiger partial charge >= 0.3 is 0 Å². The zero-order valence-corrected chi connectivity index (χ0v) is 17.0. The third-order valence-electron chi connectivity index (χ3n) is 6.12. The van der Waals surface area contributed by atoms with Crippen LogP contribution >= 0.6 is 0 Å². The Kier molecular flexibility index (Phi) is 4.33. The van der Waals surface area contributed by atoms with Crippen LogP contribution in [0, 0.1) is 5.41 Å². The highest BCUT2D eigenvalue weighted by Crippen LogP contribution is 2.35. The number of aromatic nitrogens is 2. The molecule has 1 aromatic carbocycles. The minimum atomic E-state index is -0.0980. The van der Waals surface area contributed by atoms with Crippen LogP contribution < -0.4 is 19.7 Å². The molecule has 7 nitrogen and oxygen atoms in total. The zero-order valence-electron chi connectivity index (χ0n) is 17.0. The summed E-state index contributed by atoms with van der Waals surface area (Å²) < 4.78 is 10.9. The van der Waals surface area contributed by atoms with Gasteiger partial charge in [0.05, 0.1) is 0 Å². The zero-order chi connectivity index (χ0) is 20.0. The fraction of sp³-hybridized carbons (Fsp3) is 0.500. The summed E-state index contributed by atoms with van der Waals surface area (Å²) >= 11 is 0. The molecule has 0 radical (unpaired) electrons. The molecule has 1 amide bonds. The van der Waals surface area contributed by atoms with Crippen LogP contribution in [-0.2, 0) is 12.8 Å². The van der Waals surface area contributed by atoms with Crippen molar-refractivity contribution in [1.29, 1.82) is 0 Å². The Morgan fingerprint density at radius 1 is 1.14 bits per heavy atom. The number of piperidine rings is 1. The molecule has 0 spiro atoms. The number of carbonyl (C=O) groups excluding carboxylic acids is 1. The van der Waals surface area contributed by atoms with Gasteiger partial charge in [-0.3, -0.25) is 4.79 Å². The summed E-state index contributed by atoms with van der Waals surface area (Å²) in [7, 11) is 0. The van der Waals surface area contributed by atoms with Gasteiger partial charge in [0.2, 0.25) is 6.79 Å². The fourth-order valence-electron chi connectivity index (χ4n) is 4.22. The minimum Gasteiger partial charge on any atom is -0.454 e. The molecule has 5 rings (SSSR count). The molecule has 1 N–H and O–H groups in total. The Hall–Kier alpha value is -2.83. The number of amides is 1. The summed E-state index contributed by atoms with van der Waals surface area (Å²) in [6.07, 6.45) is 3.56. The number of anilines is 1. The van der Waals surface area contributed by atoms with Crippen LogP contribution in [0.3, 0.4) is 0 Å². The van der Waals surface area contributed by atoms with Gasteiger partial charge in [-0.25, -0.2) is 9.97 Å². The van der Waals surface area contributed by atoms with Gasteiger partial charge in [0.15, 0.2) is 11.5 Å². The van der Waals surface area contributed by atoms with Crippen LogP contribution in [0.4, 0.5) is 5.82 Å². The number of nitrogens with one attached hydrogen (secondary N) is 1. The first-order chi connectivity index (χ1) is 14.0. The van der Waals surface area contributed by atoms with Crippen LogP contribution in [0.2, 0.25) is 0 Å². The molecule has 7 heteroatoms. The highest BCUT2D eigenvalue weighted by Gasteiger charge is 2.31. The Morgan fingerprint density at radius 3 is 2.76 bits per heavy atom. The molecule has 0 unspecified atom stereocenters. The highest BCUT2D eigenvalue weighted by molar-refractivity contribution is 5.96. The predicted octanol–water partition coefficient (Wildman–Crippen LogP) is 2.71. The first kappa shape index (κ1) is 18.2. The number of fused-ring (bicyclic) bond motifs is 2. The second-order valence-electron chi connectivity index (χ2n) is 8.81. The van der Waals surface area contributed by atoms with E-state index in [1.807, 2.05) is 18.2 Å². The number of carbonyl (C=O) groups is 1. The molecule has 1 saturated heterocycles. The van der Waals surface area contributed by atoms with Crippen molar-refractivity contribution in [3.05, 3.63) is 40.8 Å². The first-order valence-corrected chi connectivity index (χ1v) is 10.3. The molecule has 0 bridgehead atoms. The average Bonchev–Trinajstić information content (AvgIpc) is 3.16. The van der Waals surface area contributed by atoms with E-state index in [1.165, 1.54) is 0 Å². The van der Waals surface area contributed by atoms with Crippen molar-refractivity contribution in [3.8, 4) is 11.5 Å². The summed E-state index contributed by atoms with van der Waals surface area (Å²) in [6, 6.07) is 5.88. The lowest BCUT2D eigenvalue weighted by Crippen LogP contribution is -2.41. The van der Waals surface area contributed by atoms with Gasteiger partial charge in [-0.15, -0.1) is 0 Å². The van der Waals surface area contributed by atoms with Crippen LogP contribution in [0.5, 0.6) is 11.5 Å². The molecular weight excluding hydrogens is 368 g/mol. The number of hydrogen-bond acceptors (Lipinski definition) is 6.